The summed E-state index contributed by atoms with van der Waals surface area (Å²) in [5.41, 5.74) is 1.08. The molecule has 1 atom stereocenters. The summed E-state index contributed by atoms with van der Waals surface area (Å²) in [6.45, 7) is 2.05. The van der Waals surface area contributed by atoms with Gasteiger partial charge in [-0.15, -0.1) is 0 Å². The summed E-state index contributed by atoms with van der Waals surface area (Å²) in [5.74, 6) is 0.752. The highest BCUT2D eigenvalue weighted by atomic mass is 35.5. The molecule has 23 heavy (non-hydrogen) atoms. The Morgan fingerprint density at radius 3 is 2.91 bits per heavy atom. The van der Waals surface area contributed by atoms with Crippen LogP contribution >= 0.6 is 11.6 Å². The van der Waals surface area contributed by atoms with Crippen molar-refractivity contribution in [3.63, 3.8) is 0 Å². The molecule has 0 bridgehead atoms. The van der Waals surface area contributed by atoms with E-state index in [4.69, 9.17) is 21.1 Å². The zero-order chi connectivity index (χ0) is 16.1. The van der Waals surface area contributed by atoms with Gasteiger partial charge in [-0.1, -0.05) is 11.6 Å². The van der Waals surface area contributed by atoms with Crippen molar-refractivity contribution in [2.75, 3.05) is 25.1 Å². The van der Waals surface area contributed by atoms with Crippen LogP contribution in [-0.4, -0.2) is 30.7 Å². The number of halogens is 1. The van der Waals surface area contributed by atoms with E-state index in [1.165, 1.54) is 0 Å². The number of nitrogens with zero attached hydrogens (tertiary/aromatic N) is 1. The quantitative estimate of drug-likeness (QED) is 0.911. The fourth-order valence-corrected chi connectivity index (χ4v) is 2.52. The van der Waals surface area contributed by atoms with Gasteiger partial charge >= 0.3 is 0 Å². The lowest BCUT2D eigenvalue weighted by molar-refractivity contribution is 0.102. The second-order valence-corrected chi connectivity index (χ2v) is 5.81. The summed E-state index contributed by atoms with van der Waals surface area (Å²) in [6, 6.07) is 8.48. The number of aromatic nitrogens is 1. The molecule has 5 nitrogen and oxygen atoms in total. The van der Waals surface area contributed by atoms with Crippen LogP contribution in [0.25, 0.3) is 0 Å². The van der Waals surface area contributed by atoms with Crippen LogP contribution < -0.4 is 10.1 Å². The van der Waals surface area contributed by atoms with Crippen LogP contribution in [0, 0.1) is 5.92 Å². The Morgan fingerprint density at radius 1 is 1.35 bits per heavy atom. The van der Waals surface area contributed by atoms with Crippen molar-refractivity contribution in [2.45, 2.75) is 6.42 Å². The highest BCUT2D eigenvalue weighted by Crippen LogP contribution is 2.29. The molecule has 2 aromatic rings. The zero-order valence-corrected chi connectivity index (χ0v) is 13.3. The van der Waals surface area contributed by atoms with E-state index in [9.17, 15) is 4.79 Å². The molecule has 2 heterocycles. The number of rotatable bonds is 5. The Balaban J connectivity index is 1.72. The van der Waals surface area contributed by atoms with E-state index in [2.05, 4.69) is 10.3 Å². The highest BCUT2D eigenvalue weighted by Gasteiger charge is 2.17. The molecule has 3 rings (SSSR count). The number of carbonyl (C=O) groups excluding carboxylic acids is 1. The maximum atomic E-state index is 12.3. The first-order chi connectivity index (χ1) is 11.2. The minimum Gasteiger partial charge on any atom is -0.491 e. The van der Waals surface area contributed by atoms with Gasteiger partial charge in [-0.05, 0) is 36.8 Å². The standard InChI is InChI=1S/C17H17ClN2O3/c18-14-1-2-16(23-11-12-5-8-22-10-12)15(9-14)20-17(21)13-3-6-19-7-4-13/h1-4,6-7,9,12H,5,8,10-11H2,(H,20,21)/t12-/m0/s1. The first-order valence-corrected chi connectivity index (χ1v) is 7.81. The minimum atomic E-state index is -0.233. The summed E-state index contributed by atoms with van der Waals surface area (Å²) in [6.07, 6.45) is 4.14. The Labute approximate surface area is 139 Å². The van der Waals surface area contributed by atoms with Gasteiger partial charge in [-0.3, -0.25) is 9.78 Å². The Hall–Kier alpha value is -2.11. The Bertz CT molecular complexity index is 673. The average Bonchev–Trinajstić information content (AvgIpc) is 3.08. The summed E-state index contributed by atoms with van der Waals surface area (Å²) >= 11 is 6.04. The number of hydrogen-bond acceptors (Lipinski definition) is 4. The van der Waals surface area contributed by atoms with E-state index in [1.807, 2.05) is 0 Å². The number of ether oxygens (including phenoxy) is 2. The molecule has 0 spiro atoms. The second-order valence-electron chi connectivity index (χ2n) is 5.37. The molecule has 1 aliphatic heterocycles. The third kappa shape index (κ3) is 4.21. The number of carbonyl (C=O) groups is 1. The number of anilines is 1. The normalized spacial score (nSPS) is 17.0. The maximum absolute atomic E-state index is 12.3. The van der Waals surface area contributed by atoms with Gasteiger partial charge in [0.1, 0.15) is 5.75 Å². The van der Waals surface area contributed by atoms with Crippen molar-refractivity contribution < 1.29 is 14.3 Å². The molecule has 0 aliphatic carbocycles. The second kappa shape index (κ2) is 7.44. The van der Waals surface area contributed by atoms with Gasteiger partial charge in [0.25, 0.3) is 5.91 Å². The van der Waals surface area contributed by atoms with Gasteiger partial charge in [0.2, 0.25) is 0 Å². The lowest BCUT2D eigenvalue weighted by atomic mass is 10.1. The van der Waals surface area contributed by atoms with Crippen molar-refractivity contribution >= 4 is 23.2 Å². The van der Waals surface area contributed by atoms with Gasteiger partial charge in [0, 0.05) is 35.5 Å². The van der Waals surface area contributed by atoms with Crippen LogP contribution in [0.4, 0.5) is 5.69 Å². The van der Waals surface area contributed by atoms with E-state index in [1.54, 1.807) is 42.7 Å². The topological polar surface area (TPSA) is 60.5 Å². The van der Waals surface area contributed by atoms with Gasteiger partial charge in [0.05, 0.1) is 18.9 Å². The fourth-order valence-electron chi connectivity index (χ4n) is 2.35. The van der Waals surface area contributed by atoms with Crippen molar-refractivity contribution in [2.24, 2.45) is 5.92 Å². The van der Waals surface area contributed by atoms with Crippen LogP contribution in [0.15, 0.2) is 42.7 Å². The molecule has 1 saturated heterocycles. The molecule has 1 fully saturated rings. The van der Waals surface area contributed by atoms with E-state index in [0.717, 1.165) is 13.0 Å². The van der Waals surface area contributed by atoms with Crippen molar-refractivity contribution in [3.05, 3.63) is 53.3 Å². The fraction of sp³-hybridized carbons (Fsp3) is 0.294. The number of nitrogens with one attached hydrogen (secondary N) is 1. The third-order valence-electron chi connectivity index (χ3n) is 3.63. The van der Waals surface area contributed by atoms with Crippen LogP contribution in [0.1, 0.15) is 16.8 Å². The molecule has 0 unspecified atom stereocenters. The van der Waals surface area contributed by atoms with Crippen LogP contribution in [0.2, 0.25) is 5.02 Å². The molecule has 1 N–H and O–H groups in total. The number of amides is 1. The maximum Gasteiger partial charge on any atom is 0.255 e. The molecule has 0 radical (unpaired) electrons. The monoisotopic (exact) mass is 332 g/mol. The summed E-state index contributed by atoms with van der Waals surface area (Å²) < 4.78 is 11.2. The molecule has 1 aromatic carbocycles. The SMILES string of the molecule is O=C(Nc1cc(Cl)ccc1OC[C@H]1CCOC1)c1ccncc1. The number of hydrogen-bond donors (Lipinski definition) is 1. The van der Waals surface area contributed by atoms with Gasteiger partial charge in [-0.2, -0.15) is 0 Å². The molecule has 0 saturated carbocycles. The third-order valence-corrected chi connectivity index (χ3v) is 3.87. The molecular weight excluding hydrogens is 316 g/mol. The summed E-state index contributed by atoms with van der Waals surface area (Å²) in [5, 5.41) is 3.37. The average molecular weight is 333 g/mol. The van der Waals surface area contributed by atoms with Crippen LogP contribution in [0.5, 0.6) is 5.75 Å². The predicted molar refractivity (Wildman–Crippen MR) is 88.1 cm³/mol. The molecule has 120 valence electrons. The lowest BCUT2D eigenvalue weighted by Crippen LogP contribution is -2.15. The molecule has 1 aliphatic rings. The Kier molecular flexibility index (Phi) is 5.10. The highest BCUT2D eigenvalue weighted by molar-refractivity contribution is 6.31. The van der Waals surface area contributed by atoms with Gasteiger partial charge < -0.3 is 14.8 Å². The predicted octanol–water partition coefficient (Wildman–Crippen LogP) is 3.40. The van der Waals surface area contributed by atoms with Crippen molar-refractivity contribution in [3.8, 4) is 5.75 Å². The van der Waals surface area contributed by atoms with E-state index >= 15 is 0 Å². The Morgan fingerprint density at radius 2 is 2.17 bits per heavy atom. The summed E-state index contributed by atoms with van der Waals surface area (Å²) in [7, 11) is 0. The van der Waals surface area contributed by atoms with Crippen LogP contribution in [0.3, 0.4) is 0 Å². The van der Waals surface area contributed by atoms with Crippen molar-refractivity contribution in [1.29, 1.82) is 0 Å². The molecule has 1 amide bonds. The van der Waals surface area contributed by atoms with E-state index < -0.39 is 0 Å². The minimum absolute atomic E-state index is 0.233. The van der Waals surface area contributed by atoms with Crippen LogP contribution in [-0.2, 0) is 4.74 Å². The van der Waals surface area contributed by atoms with E-state index in [0.29, 0.717) is 41.2 Å². The number of benzene rings is 1. The lowest BCUT2D eigenvalue weighted by Gasteiger charge is -2.15. The van der Waals surface area contributed by atoms with E-state index in [-0.39, 0.29) is 5.91 Å². The van der Waals surface area contributed by atoms with Gasteiger partial charge in [-0.25, -0.2) is 0 Å². The largest absolute Gasteiger partial charge is 0.491 e. The molecule has 1 aromatic heterocycles. The molecular formula is C17H17ClN2O3. The first kappa shape index (κ1) is 15.8. The number of pyridine rings is 1. The summed E-state index contributed by atoms with van der Waals surface area (Å²) in [4.78, 5) is 16.2. The smallest absolute Gasteiger partial charge is 0.255 e. The zero-order valence-electron chi connectivity index (χ0n) is 12.5. The molecule has 6 heteroatoms. The van der Waals surface area contributed by atoms with Crippen molar-refractivity contribution in [1.82, 2.24) is 4.98 Å². The first-order valence-electron chi connectivity index (χ1n) is 7.44. The van der Waals surface area contributed by atoms with Gasteiger partial charge in [0.15, 0.2) is 0 Å².